The van der Waals surface area contributed by atoms with Gasteiger partial charge in [-0.1, -0.05) is 30.3 Å². The highest BCUT2D eigenvalue weighted by Gasteiger charge is 2.15. The van der Waals surface area contributed by atoms with E-state index in [4.69, 9.17) is 5.10 Å². The van der Waals surface area contributed by atoms with Gasteiger partial charge in [0.15, 0.2) is 5.82 Å². The fourth-order valence-electron chi connectivity index (χ4n) is 3.48. The molecule has 3 aromatic heterocycles. The molecule has 0 saturated heterocycles. The lowest BCUT2D eigenvalue weighted by Crippen LogP contribution is -2.05. The lowest BCUT2D eigenvalue weighted by atomic mass is 10.0. The number of aromatic nitrogens is 6. The molecular weight excluding hydrogens is 336 g/mol. The minimum Gasteiger partial charge on any atom is -0.267 e. The topological polar surface area (TPSA) is 61.4 Å². The van der Waals surface area contributed by atoms with E-state index in [1.54, 1.807) is 6.33 Å². The highest BCUT2D eigenvalue weighted by molar-refractivity contribution is 5.64. The van der Waals surface area contributed by atoms with Gasteiger partial charge < -0.3 is 0 Å². The monoisotopic (exact) mass is 358 g/mol. The normalized spacial score (nSPS) is 11.1. The molecule has 0 amide bonds. The second-order valence-corrected chi connectivity index (χ2v) is 6.79. The van der Waals surface area contributed by atoms with E-state index in [2.05, 4.69) is 34.1 Å². The molecule has 0 aliphatic carbocycles. The van der Waals surface area contributed by atoms with Crippen molar-refractivity contribution in [1.82, 2.24) is 29.5 Å². The number of benzene rings is 1. The second kappa shape index (κ2) is 6.79. The van der Waals surface area contributed by atoms with Crippen molar-refractivity contribution >= 4 is 0 Å². The summed E-state index contributed by atoms with van der Waals surface area (Å²) < 4.78 is 3.80. The number of aryl methyl sites for hydroxylation is 3. The van der Waals surface area contributed by atoms with Crippen LogP contribution in [0.25, 0.3) is 17.1 Å². The molecule has 3 heterocycles. The minimum atomic E-state index is 0.654. The summed E-state index contributed by atoms with van der Waals surface area (Å²) in [5, 5.41) is 9.25. The molecule has 136 valence electrons. The third kappa shape index (κ3) is 3.26. The molecule has 0 unspecified atom stereocenters. The Balaban J connectivity index is 1.68. The van der Waals surface area contributed by atoms with E-state index in [-0.39, 0.29) is 0 Å². The molecule has 27 heavy (non-hydrogen) atoms. The van der Waals surface area contributed by atoms with Gasteiger partial charge in [-0.2, -0.15) is 10.2 Å². The maximum atomic E-state index is 4.74. The highest BCUT2D eigenvalue weighted by atomic mass is 15.3. The molecule has 0 fully saturated rings. The zero-order chi connectivity index (χ0) is 19.0. The SMILES string of the molecule is Cc1cc(C)n(-c2cc(Cc3nn(C)c(-c4ccccc4)c3C)ncn2)n1. The zero-order valence-electron chi connectivity index (χ0n) is 16.0. The Hall–Kier alpha value is -3.28. The van der Waals surface area contributed by atoms with Crippen molar-refractivity contribution in [3.05, 3.63) is 77.1 Å². The molecule has 0 aliphatic rings. The van der Waals surface area contributed by atoms with Gasteiger partial charge in [-0.05, 0) is 32.4 Å². The van der Waals surface area contributed by atoms with Crippen molar-refractivity contribution in [2.45, 2.75) is 27.2 Å². The van der Waals surface area contributed by atoms with E-state index < -0.39 is 0 Å². The van der Waals surface area contributed by atoms with Gasteiger partial charge in [0.1, 0.15) is 6.33 Å². The van der Waals surface area contributed by atoms with E-state index in [1.807, 2.05) is 60.6 Å². The Morgan fingerprint density at radius 1 is 0.926 bits per heavy atom. The molecule has 0 N–H and O–H groups in total. The van der Waals surface area contributed by atoms with Crippen molar-refractivity contribution in [2.24, 2.45) is 7.05 Å². The maximum absolute atomic E-state index is 4.74. The molecule has 4 rings (SSSR count). The fraction of sp³-hybridized carbons (Fsp3) is 0.238. The van der Waals surface area contributed by atoms with Crippen LogP contribution in [0.4, 0.5) is 0 Å². The van der Waals surface area contributed by atoms with Gasteiger partial charge in [0, 0.05) is 30.8 Å². The van der Waals surface area contributed by atoms with Crippen molar-refractivity contribution in [1.29, 1.82) is 0 Å². The quantitative estimate of drug-likeness (QED) is 0.559. The van der Waals surface area contributed by atoms with E-state index in [0.29, 0.717) is 6.42 Å². The average molecular weight is 358 g/mol. The van der Waals surface area contributed by atoms with Crippen LogP contribution in [0.2, 0.25) is 0 Å². The summed E-state index contributed by atoms with van der Waals surface area (Å²) >= 11 is 0. The Morgan fingerprint density at radius 2 is 1.70 bits per heavy atom. The minimum absolute atomic E-state index is 0.654. The van der Waals surface area contributed by atoms with Crippen LogP contribution in [0.1, 0.15) is 28.3 Å². The molecular formula is C21H22N6. The van der Waals surface area contributed by atoms with Crippen LogP contribution in [0.5, 0.6) is 0 Å². The predicted octanol–water partition coefficient (Wildman–Crippen LogP) is 3.58. The summed E-state index contributed by atoms with van der Waals surface area (Å²) in [6.45, 7) is 6.12. The van der Waals surface area contributed by atoms with Crippen LogP contribution in [0.3, 0.4) is 0 Å². The molecule has 0 aliphatic heterocycles. The van der Waals surface area contributed by atoms with E-state index in [9.17, 15) is 0 Å². The van der Waals surface area contributed by atoms with Crippen LogP contribution in [0.15, 0.2) is 48.8 Å². The van der Waals surface area contributed by atoms with E-state index in [0.717, 1.165) is 34.3 Å². The third-order valence-electron chi connectivity index (χ3n) is 4.71. The predicted molar refractivity (Wildman–Crippen MR) is 105 cm³/mol. The molecule has 0 saturated carbocycles. The van der Waals surface area contributed by atoms with Crippen LogP contribution >= 0.6 is 0 Å². The van der Waals surface area contributed by atoms with Gasteiger partial charge in [0.25, 0.3) is 0 Å². The van der Waals surface area contributed by atoms with E-state index >= 15 is 0 Å². The van der Waals surface area contributed by atoms with Crippen LogP contribution in [0, 0.1) is 20.8 Å². The molecule has 0 bridgehead atoms. The zero-order valence-corrected chi connectivity index (χ0v) is 16.0. The van der Waals surface area contributed by atoms with Gasteiger partial charge in [-0.25, -0.2) is 14.6 Å². The second-order valence-electron chi connectivity index (χ2n) is 6.79. The first-order valence-electron chi connectivity index (χ1n) is 8.95. The smallest absolute Gasteiger partial charge is 0.157 e. The Morgan fingerprint density at radius 3 is 2.41 bits per heavy atom. The Kier molecular flexibility index (Phi) is 4.32. The van der Waals surface area contributed by atoms with Gasteiger partial charge >= 0.3 is 0 Å². The summed E-state index contributed by atoms with van der Waals surface area (Å²) in [6, 6.07) is 14.4. The molecule has 6 heteroatoms. The Labute approximate surface area is 158 Å². The van der Waals surface area contributed by atoms with Gasteiger partial charge in [-0.15, -0.1) is 0 Å². The lowest BCUT2D eigenvalue weighted by molar-refractivity contribution is 0.751. The summed E-state index contributed by atoms with van der Waals surface area (Å²) in [6.07, 6.45) is 2.25. The highest BCUT2D eigenvalue weighted by Crippen LogP contribution is 2.26. The first kappa shape index (κ1) is 17.1. The van der Waals surface area contributed by atoms with Crippen LogP contribution in [-0.4, -0.2) is 29.5 Å². The molecule has 0 radical (unpaired) electrons. The Bertz CT molecular complexity index is 1090. The van der Waals surface area contributed by atoms with E-state index in [1.165, 1.54) is 11.1 Å². The standard InChI is InChI=1S/C21H22N6/c1-14-10-15(2)27(24-14)20-12-18(22-13-23-20)11-19-16(3)21(26(4)25-19)17-8-6-5-7-9-17/h5-10,12-13H,11H2,1-4H3. The summed E-state index contributed by atoms with van der Waals surface area (Å²) in [5.74, 6) is 0.780. The van der Waals surface area contributed by atoms with Crippen molar-refractivity contribution in [3.8, 4) is 17.1 Å². The summed E-state index contributed by atoms with van der Waals surface area (Å²) in [7, 11) is 1.99. The van der Waals surface area contributed by atoms with Gasteiger partial charge in [0.2, 0.25) is 0 Å². The first-order chi connectivity index (χ1) is 13.0. The van der Waals surface area contributed by atoms with Crippen molar-refractivity contribution < 1.29 is 0 Å². The summed E-state index contributed by atoms with van der Waals surface area (Å²) in [5.41, 5.74) is 7.46. The molecule has 0 spiro atoms. The summed E-state index contributed by atoms with van der Waals surface area (Å²) in [4.78, 5) is 8.83. The number of hydrogen-bond donors (Lipinski definition) is 0. The third-order valence-corrected chi connectivity index (χ3v) is 4.71. The van der Waals surface area contributed by atoms with Crippen molar-refractivity contribution in [3.63, 3.8) is 0 Å². The van der Waals surface area contributed by atoms with Gasteiger partial charge in [-0.3, -0.25) is 4.68 Å². The largest absolute Gasteiger partial charge is 0.267 e. The number of rotatable bonds is 4. The van der Waals surface area contributed by atoms with Gasteiger partial charge in [0.05, 0.1) is 22.8 Å². The average Bonchev–Trinajstić information content (AvgIpc) is 3.14. The first-order valence-corrected chi connectivity index (χ1v) is 8.95. The molecule has 6 nitrogen and oxygen atoms in total. The lowest BCUT2D eigenvalue weighted by Gasteiger charge is -2.05. The van der Waals surface area contributed by atoms with Crippen LogP contribution in [-0.2, 0) is 13.5 Å². The molecule has 0 atom stereocenters. The molecule has 4 aromatic rings. The van der Waals surface area contributed by atoms with Crippen molar-refractivity contribution in [2.75, 3.05) is 0 Å². The fourth-order valence-corrected chi connectivity index (χ4v) is 3.48. The maximum Gasteiger partial charge on any atom is 0.157 e. The number of hydrogen-bond acceptors (Lipinski definition) is 4. The van der Waals surface area contributed by atoms with Crippen LogP contribution < -0.4 is 0 Å². The molecule has 1 aromatic carbocycles. The number of nitrogens with zero attached hydrogens (tertiary/aromatic N) is 6.